The van der Waals surface area contributed by atoms with Crippen LogP contribution in [0.4, 0.5) is 0 Å². The normalized spacial score (nSPS) is 13.1. The highest BCUT2D eigenvalue weighted by molar-refractivity contribution is 7.13. The predicted molar refractivity (Wildman–Crippen MR) is 78.5 cm³/mol. The molecule has 0 rings (SSSR count). The molecule has 0 bridgehead atoms. The van der Waals surface area contributed by atoms with Gasteiger partial charge in [0.25, 0.3) is 0 Å². The smallest absolute Gasteiger partial charge is 0.183 e. The molecule has 0 saturated carbocycles. The van der Waals surface area contributed by atoms with Crippen molar-refractivity contribution in [2.75, 3.05) is 0 Å². The lowest BCUT2D eigenvalue weighted by Gasteiger charge is -2.00. The summed E-state index contributed by atoms with van der Waals surface area (Å²) >= 11 is 18.2. The zero-order valence-corrected chi connectivity index (χ0v) is 12.4. The van der Waals surface area contributed by atoms with Gasteiger partial charge in [0, 0.05) is 10.1 Å². The van der Waals surface area contributed by atoms with Gasteiger partial charge in [-0.1, -0.05) is 61.8 Å². The number of allylic oxidation sites excluding steroid dienone is 2. The molecule has 0 nitrogen and oxygen atoms in total. The minimum absolute atomic E-state index is 0.186. The van der Waals surface area contributed by atoms with Crippen LogP contribution < -0.4 is 0 Å². The summed E-state index contributed by atoms with van der Waals surface area (Å²) in [6, 6.07) is 0. The van der Waals surface area contributed by atoms with E-state index >= 15 is 0 Å². The van der Waals surface area contributed by atoms with E-state index in [9.17, 15) is 0 Å². The standard InChI is InChI=1S/C12H20BCl3/c1-3-5-7-11(14)9-13(16)10-12(15)8-6-4-2/h9-10H,3-8H2,1-2H3/b11-9-,12-10-. The molecule has 0 aliphatic carbocycles. The Labute approximate surface area is 115 Å². The number of halogens is 3. The van der Waals surface area contributed by atoms with Crippen LogP contribution in [0, 0.1) is 0 Å². The van der Waals surface area contributed by atoms with Crippen LogP contribution in [0.15, 0.2) is 22.0 Å². The van der Waals surface area contributed by atoms with Crippen LogP contribution >= 0.6 is 34.7 Å². The van der Waals surface area contributed by atoms with E-state index in [1.807, 2.05) is 12.0 Å². The number of unbranched alkanes of at least 4 members (excludes halogenated alkanes) is 2. The van der Waals surface area contributed by atoms with Crippen LogP contribution in [0.1, 0.15) is 52.4 Å². The molecule has 0 saturated heterocycles. The minimum atomic E-state index is -0.186. The Bertz CT molecular complexity index is 212. The lowest BCUT2D eigenvalue weighted by molar-refractivity contribution is 0.807. The Morgan fingerprint density at radius 3 is 1.62 bits per heavy atom. The average Bonchev–Trinajstić information content (AvgIpc) is 2.23. The second-order valence-electron chi connectivity index (χ2n) is 3.88. The molecule has 16 heavy (non-hydrogen) atoms. The molecule has 0 radical (unpaired) electrons. The van der Waals surface area contributed by atoms with Crippen molar-refractivity contribution in [3.8, 4) is 0 Å². The first-order valence-corrected chi connectivity index (χ1v) is 7.15. The van der Waals surface area contributed by atoms with E-state index in [0.717, 1.165) is 48.6 Å². The number of hydrogen-bond donors (Lipinski definition) is 0. The zero-order chi connectivity index (χ0) is 12.4. The van der Waals surface area contributed by atoms with Crippen molar-refractivity contribution in [3.63, 3.8) is 0 Å². The van der Waals surface area contributed by atoms with E-state index in [1.54, 1.807) is 0 Å². The second-order valence-corrected chi connectivity index (χ2v) is 5.35. The van der Waals surface area contributed by atoms with Crippen LogP contribution in [0.5, 0.6) is 0 Å². The van der Waals surface area contributed by atoms with Gasteiger partial charge >= 0.3 is 6.13 Å². The van der Waals surface area contributed by atoms with Gasteiger partial charge in [0.2, 0.25) is 0 Å². The van der Waals surface area contributed by atoms with Crippen LogP contribution in [0.2, 0.25) is 0 Å². The Hall–Kier alpha value is 0.415. The maximum Gasteiger partial charge on any atom is 0.303 e. The highest BCUT2D eigenvalue weighted by Gasteiger charge is 2.06. The first-order chi connectivity index (χ1) is 7.60. The van der Waals surface area contributed by atoms with Gasteiger partial charge in [-0.2, -0.15) is 11.5 Å². The van der Waals surface area contributed by atoms with Gasteiger partial charge in [-0.3, -0.25) is 0 Å². The molecule has 0 aromatic heterocycles. The quantitative estimate of drug-likeness (QED) is 0.484. The lowest BCUT2D eigenvalue weighted by Crippen LogP contribution is -1.97. The van der Waals surface area contributed by atoms with E-state index in [-0.39, 0.29) is 6.13 Å². The molecule has 0 fully saturated rings. The van der Waals surface area contributed by atoms with Crippen LogP contribution in [0.3, 0.4) is 0 Å². The van der Waals surface area contributed by atoms with Crippen LogP contribution in [0.25, 0.3) is 0 Å². The highest BCUT2D eigenvalue weighted by Crippen LogP contribution is 2.17. The Morgan fingerprint density at radius 1 is 0.938 bits per heavy atom. The fourth-order valence-corrected chi connectivity index (χ4v) is 2.22. The topological polar surface area (TPSA) is 0 Å². The van der Waals surface area contributed by atoms with Gasteiger partial charge in [-0.05, 0) is 25.7 Å². The van der Waals surface area contributed by atoms with Gasteiger partial charge < -0.3 is 0 Å². The largest absolute Gasteiger partial charge is 0.303 e. The molecular formula is C12H20BCl3. The Morgan fingerprint density at radius 2 is 1.31 bits per heavy atom. The van der Waals surface area contributed by atoms with Gasteiger partial charge in [-0.15, -0.1) is 0 Å². The minimum Gasteiger partial charge on any atom is -0.183 e. The Kier molecular flexibility index (Phi) is 10.8. The summed E-state index contributed by atoms with van der Waals surface area (Å²) in [6.45, 7) is 4.29. The first-order valence-electron chi connectivity index (χ1n) is 5.96. The van der Waals surface area contributed by atoms with Crippen molar-refractivity contribution in [2.45, 2.75) is 52.4 Å². The van der Waals surface area contributed by atoms with Gasteiger partial charge in [0.15, 0.2) is 0 Å². The van der Waals surface area contributed by atoms with Crippen LogP contribution in [-0.2, 0) is 0 Å². The Balaban J connectivity index is 4.07. The van der Waals surface area contributed by atoms with Gasteiger partial charge in [0.05, 0.1) is 0 Å². The monoisotopic (exact) mass is 280 g/mol. The molecule has 0 aromatic rings. The molecule has 0 aliphatic rings. The summed E-state index contributed by atoms with van der Waals surface area (Å²) < 4.78 is 0. The van der Waals surface area contributed by atoms with Gasteiger partial charge in [0.1, 0.15) is 0 Å². The molecule has 0 aliphatic heterocycles. The summed E-state index contributed by atoms with van der Waals surface area (Å²) in [4.78, 5) is 0. The van der Waals surface area contributed by atoms with Crippen molar-refractivity contribution in [1.29, 1.82) is 0 Å². The molecular weight excluding hydrogens is 261 g/mol. The van der Waals surface area contributed by atoms with Gasteiger partial charge in [-0.25, -0.2) is 0 Å². The SMILES string of the molecule is CCCC/C(Cl)=C/B(Cl)/C=C(\Cl)CCCC. The highest BCUT2D eigenvalue weighted by atomic mass is 35.5. The fourth-order valence-electron chi connectivity index (χ4n) is 1.25. The maximum absolute atomic E-state index is 6.11. The number of hydrogen-bond acceptors (Lipinski definition) is 0. The van der Waals surface area contributed by atoms with E-state index in [4.69, 9.17) is 34.7 Å². The summed E-state index contributed by atoms with van der Waals surface area (Å²) in [6.07, 6.45) is 6.12. The molecule has 0 spiro atoms. The maximum atomic E-state index is 6.11. The molecule has 0 aromatic carbocycles. The molecule has 0 atom stereocenters. The van der Waals surface area contributed by atoms with E-state index in [1.165, 1.54) is 0 Å². The molecule has 0 unspecified atom stereocenters. The van der Waals surface area contributed by atoms with Crippen molar-refractivity contribution < 1.29 is 0 Å². The fraction of sp³-hybridized carbons (Fsp3) is 0.667. The third-order valence-electron chi connectivity index (χ3n) is 2.22. The summed E-state index contributed by atoms with van der Waals surface area (Å²) in [7, 11) is 0. The first kappa shape index (κ1) is 16.4. The van der Waals surface area contributed by atoms with Crippen molar-refractivity contribution >= 4 is 40.8 Å². The molecule has 0 amide bonds. The third-order valence-corrected chi connectivity index (χ3v) is 3.10. The van der Waals surface area contributed by atoms with E-state index in [2.05, 4.69) is 13.8 Å². The molecule has 0 heterocycles. The lowest BCUT2D eigenvalue weighted by atomic mass is 9.75. The zero-order valence-electron chi connectivity index (χ0n) is 10.1. The van der Waals surface area contributed by atoms with Crippen LogP contribution in [-0.4, -0.2) is 6.13 Å². The number of rotatable bonds is 8. The summed E-state index contributed by atoms with van der Waals surface area (Å²) in [5.74, 6) is 3.74. The predicted octanol–water partition coefficient (Wildman–Crippen LogP) is 5.92. The van der Waals surface area contributed by atoms with Crippen molar-refractivity contribution in [1.82, 2.24) is 0 Å². The van der Waals surface area contributed by atoms with E-state index in [0.29, 0.717) is 0 Å². The summed E-state index contributed by atoms with van der Waals surface area (Å²) in [5.41, 5.74) is 0. The second kappa shape index (κ2) is 10.6. The van der Waals surface area contributed by atoms with Crippen molar-refractivity contribution in [2.24, 2.45) is 0 Å². The third kappa shape index (κ3) is 9.63. The molecule has 92 valence electrons. The van der Waals surface area contributed by atoms with Crippen molar-refractivity contribution in [3.05, 3.63) is 22.0 Å². The van der Waals surface area contributed by atoms with E-state index < -0.39 is 0 Å². The summed E-state index contributed by atoms with van der Waals surface area (Å²) in [5, 5.41) is 1.66. The average molecular weight is 281 g/mol. The molecule has 0 N–H and O–H groups in total. The molecule has 4 heteroatoms.